The first kappa shape index (κ1) is 68.7. The van der Waals surface area contributed by atoms with Gasteiger partial charge in [-0.05, 0) is 106 Å². The van der Waals surface area contributed by atoms with Gasteiger partial charge in [-0.25, -0.2) is 23.4 Å². The number of likely N-dealkylation sites (tertiary alicyclic amines) is 2. The highest BCUT2D eigenvalue weighted by Crippen LogP contribution is 2.37. The number of thiazole rings is 1. The summed E-state index contributed by atoms with van der Waals surface area (Å²) in [6.07, 6.45) is 2.88. The highest BCUT2D eigenvalue weighted by molar-refractivity contribution is 7.92. The number of aliphatic hydroxyl groups excluding tert-OH is 1. The zero-order chi connectivity index (χ0) is 62.8. The zero-order valence-corrected chi connectivity index (χ0v) is 54.2. The molecule has 2 aliphatic heterocycles. The van der Waals surface area contributed by atoms with E-state index in [-0.39, 0.29) is 106 Å². The number of carbonyl (C=O) groups excluding carboxylic acids is 4. The normalized spacial score (nSPS) is 16.2. The monoisotopic (exact) mass is 1260 g/mol. The fraction of sp³-hybridized carbons (Fsp3) is 0.554. The number of nitrogens with one attached hydrogen (secondary N) is 1. The Labute approximate surface area is 522 Å². The van der Waals surface area contributed by atoms with Crippen LogP contribution in [0.4, 0.5) is 0 Å². The van der Waals surface area contributed by atoms with Crippen molar-refractivity contribution in [1.82, 2.24) is 30.1 Å². The third kappa shape index (κ3) is 19.9. The maximum absolute atomic E-state index is 14.0. The maximum Gasteiger partial charge on any atom is 0.248 e. The Morgan fingerprint density at radius 1 is 0.816 bits per heavy atom. The number of benzene rings is 3. The predicted molar refractivity (Wildman–Crippen MR) is 334 cm³/mol. The van der Waals surface area contributed by atoms with Crippen molar-refractivity contribution in [2.24, 2.45) is 11.3 Å². The summed E-state index contributed by atoms with van der Waals surface area (Å²) in [6, 6.07) is 18.2. The van der Waals surface area contributed by atoms with Gasteiger partial charge in [0.25, 0.3) is 0 Å². The lowest BCUT2D eigenvalue weighted by atomic mass is 9.77. The second-order valence-electron chi connectivity index (χ2n) is 24.0. The average Bonchev–Trinajstić information content (AvgIpc) is 4.31. The molecule has 474 valence electrons. The van der Waals surface area contributed by atoms with Crippen molar-refractivity contribution in [3.05, 3.63) is 122 Å². The molecule has 0 aliphatic carbocycles. The zero-order valence-electron chi connectivity index (χ0n) is 51.8. The van der Waals surface area contributed by atoms with Gasteiger partial charge in [-0.3, -0.25) is 19.2 Å². The second kappa shape index (κ2) is 32.6. The molecule has 4 heterocycles. The lowest BCUT2D eigenvalue weighted by Crippen LogP contribution is -2.50. The van der Waals surface area contributed by atoms with Crippen LogP contribution >= 0.6 is 22.9 Å². The molecule has 5 aromatic rings. The minimum atomic E-state index is -3.53. The largest absolute Gasteiger partial charge is 0.491 e. The van der Waals surface area contributed by atoms with Crippen molar-refractivity contribution in [3.8, 4) is 16.2 Å². The minimum Gasteiger partial charge on any atom is -0.491 e. The molecule has 2 aliphatic rings. The van der Waals surface area contributed by atoms with Crippen LogP contribution < -0.4 is 10.1 Å². The SMILES string of the molecule is Cc1cc(Cc2ncc(Cl)c(Cc3ccccc3S(=O)(=O)C(C)C)n2)c(OC(C)C)cc1C1CCN(C(=O)COCCOCCOCCOCCOCC(=O)C[C@H](C(=O)N2C[C@H](O)C[C@H]2C(=O)NCc2ccc(-c3scnc3C)cc2)C(C)(C)C)CC1. The van der Waals surface area contributed by atoms with Gasteiger partial charge in [0.1, 0.15) is 30.8 Å². The van der Waals surface area contributed by atoms with Gasteiger partial charge in [-0.15, -0.1) is 11.3 Å². The van der Waals surface area contributed by atoms with E-state index in [4.69, 9.17) is 45.0 Å². The van der Waals surface area contributed by atoms with E-state index < -0.39 is 38.6 Å². The first-order valence-corrected chi connectivity index (χ1v) is 32.9. The van der Waals surface area contributed by atoms with Crippen LogP contribution in [0.15, 0.2) is 77.3 Å². The lowest BCUT2D eigenvalue weighted by molar-refractivity contribution is -0.146. The highest BCUT2D eigenvalue weighted by Gasteiger charge is 2.44. The fourth-order valence-corrected chi connectivity index (χ4v) is 13.0. The number of rotatable bonds is 32. The number of β-amino-alcohol motifs (C(OH)–C–C–N with tert-alkyl or cyclic N) is 1. The molecule has 3 atom stereocenters. The molecular weight excluding hydrogens is 1170 g/mol. The Morgan fingerprint density at radius 2 is 1.45 bits per heavy atom. The van der Waals surface area contributed by atoms with Crippen LogP contribution in [0, 0.1) is 25.2 Å². The number of ketones is 1. The van der Waals surface area contributed by atoms with Crippen molar-refractivity contribution in [2.75, 3.05) is 85.7 Å². The summed E-state index contributed by atoms with van der Waals surface area (Å²) in [7, 11) is -3.53. The smallest absolute Gasteiger partial charge is 0.248 e. The van der Waals surface area contributed by atoms with Crippen molar-refractivity contribution in [1.29, 1.82) is 0 Å². The van der Waals surface area contributed by atoms with E-state index >= 15 is 0 Å². The van der Waals surface area contributed by atoms with Crippen LogP contribution in [0.1, 0.15) is 125 Å². The number of hydrogen-bond donors (Lipinski definition) is 2. The van der Waals surface area contributed by atoms with Gasteiger partial charge in [0.2, 0.25) is 17.7 Å². The number of Topliss-reactive ketones (excluding diaryl/α,β-unsaturated/α-hetero) is 1. The number of carbonyl (C=O) groups is 4. The van der Waals surface area contributed by atoms with Gasteiger partial charge in [-0.1, -0.05) is 80.9 Å². The Hall–Kier alpha value is -5.75. The van der Waals surface area contributed by atoms with E-state index in [0.29, 0.717) is 74.6 Å². The minimum absolute atomic E-state index is 0.0100. The fourth-order valence-electron chi connectivity index (χ4n) is 10.8. The van der Waals surface area contributed by atoms with Crippen LogP contribution in [0.3, 0.4) is 0 Å². The lowest BCUT2D eigenvalue weighted by Gasteiger charge is -2.34. The predicted octanol–water partition coefficient (Wildman–Crippen LogP) is 8.71. The standard InChI is InChI=1S/C65H87ClN6O13S2/c1-42(2)85-58-35-53(44(5)30-50(58)32-60-67-37-55(66)56(70-60)31-49-12-10-11-13-59(49)87(78,79)43(3)4)47-18-20-71(21-19-47)61(75)40-84-29-27-82-25-23-80-22-24-81-26-28-83-39-52(74)33-54(65(7,8)9)64(77)72-38-51(73)34-57(72)63(76)68-36-46-14-16-48(17-15-46)62-45(6)69-41-86-62/h10-17,30,35,37,41-43,47,51,54,57,73H,18-29,31-34,36,38-40H2,1-9H3,(H,68,76)/t51-,54-,57+/m1/s1. The summed E-state index contributed by atoms with van der Waals surface area (Å²) in [6.45, 7) is 20.6. The van der Waals surface area contributed by atoms with Crippen molar-refractivity contribution < 1.29 is 61.1 Å². The number of aliphatic hydroxyl groups is 1. The summed E-state index contributed by atoms with van der Waals surface area (Å²) in [5.74, 6) is -0.225. The molecular formula is C65H87ClN6O13S2. The highest BCUT2D eigenvalue weighted by atomic mass is 35.5. The molecule has 3 amide bonds. The van der Waals surface area contributed by atoms with Crippen LogP contribution in [0.5, 0.6) is 5.75 Å². The van der Waals surface area contributed by atoms with Gasteiger partial charge < -0.3 is 48.6 Å². The number of sulfone groups is 1. The first-order valence-electron chi connectivity index (χ1n) is 30.1. The number of halogens is 1. The molecule has 2 fully saturated rings. The van der Waals surface area contributed by atoms with Crippen molar-refractivity contribution >= 4 is 56.3 Å². The quantitative estimate of drug-likeness (QED) is 0.0383. The van der Waals surface area contributed by atoms with E-state index in [9.17, 15) is 32.7 Å². The molecule has 2 N–H and O–H groups in total. The van der Waals surface area contributed by atoms with Crippen LogP contribution in [0.2, 0.25) is 5.02 Å². The summed E-state index contributed by atoms with van der Waals surface area (Å²) in [5, 5.41) is 13.3. The number of nitrogens with zero attached hydrogens (tertiary/aromatic N) is 5. The Bertz CT molecular complexity index is 3200. The van der Waals surface area contributed by atoms with Crippen molar-refractivity contribution in [3.63, 3.8) is 0 Å². The number of ether oxygens (including phenoxy) is 6. The molecule has 19 nitrogen and oxygen atoms in total. The average molecular weight is 1260 g/mol. The molecule has 2 saturated heterocycles. The molecule has 3 aromatic carbocycles. The topological polar surface area (TPSA) is 235 Å². The Kier molecular flexibility index (Phi) is 25.8. The van der Waals surface area contributed by atoms with Crippen LogP contribution in [-0.2, 0) is 72.1 Å². The van der Waals surface area contributed by atoms with E-state index in [0.717, 1.165) is 51.4 Å². The Morgan fingerprint density at radius 3 is 2.06 bits per heavy atom. The van der Waals surface area contributed by atoms with E-state index in [1.807, 2.05) is 82.3 Å². The molecule has 22 heteroatoms. The van der Waals surface area contributed by atoms with Gasteiger partial charge in [0.05, 0.1) is 102 Å². The number of piperidine rings is 1. The summed E-state index contributed by atoms with van der Waals surface area (Å²) in [5.41, 5.74) is 8.51. The van der Waals surface area contributed by atoms with E-state index in [2.05, 4.69) is 34.3 Å². The molecule has 0 radical (unpaired) electrons. The molecule has 87 heavy (non-hydrogen) atoms. The third-order valence-corrected chi connectivity index (χ3v) is 19.2. The molecule has 0 spiro atoms. The first-order chi connectivity index (χ1) is 41.5. The van der Waals surface area contributed by atoms with Crippen LogP contribution in [0.25, 0.3) is 10.4 Å². The number of hydrogen-bond acceptors (Lipinski definition) is 17. The van der Waals surface area contributed by atoms with Crippen molar-refractivity contribution in [2.45, 2.75) is 142 Å². The van der Waals surface area contributed by atoms with E-state index in [1.165, 1.54) is 10.5 Å². The summed E-state index contributed by atoms with van der Waals surface area (Å²) >= 11 is 8.18. The molecule has 0 saturated carbocycles. The van der Waals surface area contributed by atoms with Gasteiger partial charge in [-0.2, -0.15) is 0 Å². The molecule has 2 aromatic heterocycles. The molecule has 0 bridgehead atoms. The molecule has 7 rings (SSSR count). The second-order valence-corrected chi connectivity index (χ2v) is 27.7. The number of aryl methyl sites for hydroxylation is 2. The summed E-state index contributed by atoms with van der Waals surface area (Å²) in [4.78, 5) is 72.1. The summed E-state index contributed by atoms with van der Waals surface area (Å²) < 4.78 is 60.9. The maximum atomic E-state index is 14.0. The van der Waals surface area contributed by atoms with Gasteiger partial charge >= 0.3 is 0 Å². The molecule has 0 unspecified atom stereocenters. The number of amides is 3. The Balaban J connectivity index is 0.731. The number of aromatic nitrogens is 3. The van der Waals surface area contributed by atoms with Gasteiger partial charge in [0.15, 0.2) is 15.6 Å². The van der Waals surface area contributed by atoms with E-state index in [1.54, 1.807) is 49.6 Å². The van der Waals surface area contributed by atoms with Crippen LogP contribution in [-0.4, -0.2) is 171 Å². The third-order valence-electron chi connectivity index (χ3n) is 15.6. The van der Waals surface area contributed by atoms with Gasteiger partial charge in [0, 0.05) is 69.5 Å².